The summed E-state index contributed by atoms with van der Waals surface area (Å²) in [6, 6.07) is 6.93. The molecule has 0 atom stereocenters. The molecule has 0 fully saturated rings. The van der Waals surface area contributed by atoms with E-state index in [4.69, 9.17) is 21.4 Å². The minimum Gasteiger partial charge on any atom is -0.478 e. The number of hydrogen-bond acceptors (Lipinski definition) is 2. The van der Waals surface area contributed by atoms with Gasteiger partial charge in [0.1, 0.15) is 22.9 Å². The molecule has 0 unspecified atom stereocenters. The smallest absolute Gasteiger partial charge is 0.339 e. The minimum atomic E-state index is -1.15. The number of benzene rings is 2. The van der Waals surface area contributed by atoms with Crippen molar-refractivity contribution in [2.75, 3.05) is 0 Å². The van der Waals surface area contributed by atoms with E-state index >= 15 is 0 Å². The summed E-state index contributed by atoms with van der Waals surface area (Å²) in [6.07, 6.45) is 0. The first-order valence-corrected chi connectivity index (χ1v) is 7.20. The van der Waals surface area contributed by atoms with Gasteiger partial charge in [-0.25, -0.2) is 9.18 Å². The van der Waals surface area contributed by atoms with E-state index in [2.05, 4.69) is 31.9 Å². The molecule has 0 radical (unpaired) electrons. The maximum absolute atomic E-state index is 13.4. The molecule has 2 aromatic carbocycles. The van der Waals surface area contributed by atoms with Crippen LogP contribution in [0.5, 0.6) is 11.5 Å². The number of carboxylic acids is 1. The molecule has 0 aliphatic heterocycles. The van der Waals surface area contributed by atoms with Crippen LogP contribution in [0.2, 0.25) is 5.02 Å². The van der Waals surface area contributed by atoms with Crippen LogP contribution >= 0.6 is 43.5 Å². The summed E-state index contributed by atoms with van der Waals surface area (Å²) in [5.41, 5.74) is -0.0402. The molecule has 0 aliphatic carbocycles. The van der Waals surface area contributed by atoms with E-state index in [0.29, 0.717) is 8.95 Å². The number of hydrogen-bond donors (Lipinski definition) is 1. The molecule has 0 spiro atoms. The Labute approximate surface area is 135 Å². The summed E-state index contributed by atoms with van der Waals surface area (Å²) in [6.45, 7) is 0. The van der Waals surface area contributed by atoms with Crippen LogP contribution in [0.3, 0.4) is 0 Å². The number of carbonyl (C=O) groups is 1. The lowest BCUT2D eigenvalue weighted by Crippen LogP contribution is -2.00. The molecule has 104 valence electrons. The maximum Gasteiger partial charge on any atom is 0.339 e. The van der Waals surface area contributed by atoms with Crippen LogP contribution < -0.4 is 4.74 Å². The molecule has 2 rings (SSSR count). The Kier molecular flexibility index (Phi) is 4.67. The van der Waals surface area contributed by atoms with Gasteiger partial charge >= 0.3 is 5.97 Å². The molecule has 20 heavy (non-hydrogen) atoms. The van der Waals surface area contributed by atoms with E-state index in [1.807, 2.05) is 0 Å². The lowest BCUT2D eigenvalue weighted by Gasteiger charge is -2.11. The van der Waals surface area contributed by atoms with E-state index in [1.165, 1.54) is 18.2 Å². The van der Waals surface area contributed by atoms with Gasteiger partial charge in [-0.05, 0) is 40.2 Å². The fraction of sp³-hybridized carbons (Fsp3) is 0. The highest BCUT2D eigenvalue weighted by Gasteiger charge is 2.15. The van der Waals surface area contributed by atoms with Gasteiger partial charge in [-0.2, -0.15) is 0 Å². The van der Waals surface area contributed by atoms with E-state index in [9.17, 15) is 9.18 Å². The zero-order valence-corrected chi connectivity index (χ0v) is 13.6. The molecule has 0 heterocycles. The molecular weight excluding hydrogens is 418 g/mol. The molecule has 3 nitrogen and oxygen atoms in total. The molecular formula is C13H6Br2ClFO3. The third kappa shape index (κ3) is 3.31. The maximum atomic E-state index is 13.4. The van der Waals surface area contributed by atoms with Gasteiger partial charge in [0.15, 0.2) is 0 Å². The molecule has 0 aromatic heterocycles. The Morgan fingerprint density at radius 3 is 2.55 bits per heavy atom. The Morgan fingerprint density at radius 2 is 1.90 bits per heavy atom. The molecule has 2 aromatic rings. The number of aromatic carboxylic acids is 1. The van der Waals surface area contributed by atoms with Gasteiger partial charge in [0.2, 0.25) is 0 Å². The second kappa shape index (κ2) is 6.11. The summed E-state index contributed by atoms with van der Waals surface area (Å²) >= 11 is 12.0. The first-order valence-electron chi connectivity index (χ1n) is 5.23. The molecule has 0 saturated carbocycles. The Hall–Kier alpha value is -1.11. The number of carboxylic acid groups (broad SMARTS) is 1. The number of rotatable bonds is 3. The van der Waals surface area contributed by atoms with E-state index < -0.39 is 11.8 Å². The van der Waals surface area contributed by atoms with Crippen molar-refractivity contribution in [3.8, 4) is 11.5 Å². The van der Waals surface area contributed by atoms with Crippen molar-refractivity contribution in [2.24, 2.45) is 0 Å². The van der Waals surface area contributed by atoms with Crippen molar-refractivity contribution in [2.45, 2.75) is 0 Å². The average molecular weight is 424 g/mol. The third-order valence-corrected chi connectivity index (χ3v) is 3.77. The van der Waals surface area contributed by atoms with E-state index in [0.717, 1.165) is 6.07 Å². The van der Waals surface area contributed by atoms with Gasteiger partial charge in [0.05, 0.1) is 9.50 Å². The lowest BCUT2D eigenvalue weighted by molar-refractivity contribution is 0.0694. The lowest BCUT2D eigenvalue weighted by atomic mass is 10.2. The Morgan fingerprint density at radius 1 is 1.20 bits per heavy atom. The van der Waals surface area contributed by atoms with Crippen molar-refractivity contribution < 1.29 is 19.0 Å². The van der Waals surface area contributed by atoms with E-state index in [-0.39, 0.29) is 22.1 Å². The number of halogens is 4. The minimum absolute atomic E-state index is 0.0402. The van der Waals surface area contributed by atoms with Crippen molar-refractivity contribution in [1.29, 1.82) is 0 Å². The van der Waals surface area contributed by atoms with Crippen LogP contribution in [-0.4, -0.2) is 11.1 Å². The number of ether oxygens (including phenoxy) is 1. The predicted molar refractivity (Wildman–Crippen MR) is 80.3 cm³/mol. The fourth-order valence-electron chi connectivity index (χ4n) is 1.46. The molecule has 7 heteroatoms. The van der Waals surface area contributed by atoms with Crippen LogP contribution in [0.25, 0.3) is 0 Å². The summed E-state index contributed by atoms with van der Waals surface area (Å²) < 4.78 is 19.9. The zero-order chi connectivity index (χ0) is 14.9. The SMILES string of the molecule is O=C(O)c1cc(Br)ccc1Oc1cc(F)c(Cl)cc1Br. The molecule has 0 bridgehead atoms. The van der Waals surface area contributed by atoms with Gasteiger partial charge in [-0.3, -0.25) is 0 Å². The summed E-state index contributed by atoms with van der Waals surface area (Å²) in [7, 11) is 0. The Bertz CT molecular complexity index is 692. The Balaban J connectivity index is 2.45. The van der Waals surface area contributed by atoms with Crippen LogP contribution in [0.1, 0.15) is 10.4 Å². The van der Waals surface area contributed by atoms with Gasteiger partial charge < -0.3 is 9.84 Å². The highest BCUT2D eigenvalue weighted by atomic mass is 79.9. The topological polar surface area (TPSA) is 46.5 Å². The summed E-state index contributed by atoms with van der Waals surface area (Å²) in [5.74, 6) is -1.56. The highest BCUT2D eigenvalue weighted by molar-refractivity contribution is 9.10. The first-order chi connectivity index (χ1) is 9.38. The van der Waals surface area contributed by atoms with Crippen molar-refractivity contribution in [3.63, 3.8) is 0 Å². The molecule has 1 N–H and O–H groups in total. The fourth-order valence-corrected chi connectivity index (χ4v) is 2.54. The second-order valence-electron chi connectivity index (χ2n) is 3.74. The largest absolute Gasteiger partial charge is 0.478 e. The van der Waals surface area contributed by atoms with Crippen LogP contribution in [0, 0.1) is 5.82 Å². The normalized spacial score (nSPS) is 10.4. The van der Waals surface area contributed by atoms with Gasteiger partial charge in [0.25, 0.3) is 0 Å². The monoisotopic (exact) mass is 422 g/mol. The summed E-state index contributed by atoms with van der Waals surface area (Å²) in [4.78, 5) is 11.2. The van der Waals surface area contributed by atoms with Crippen LogP contribution in [0.4, 0.5) is 4.39 Å². The molecule has 0 amide bonds. The third-order valence-electron chi connectivity index (χ3n) is 2.37. The quantitative estimate of drug-likeness (QED) is 0.663. The van der Waals surface area contributed by atoms with Crippen LogP contribution in [0.15, 0.2) is 39.3 Å². The standard InChI is InChI=1S/C13H6Br2ClFO3/c14-6-1-2-11(7(3-6)13(18)19)20-12-5-10(17)9(16)4-8(12)15/h1-5H,(H,18,19). The van der Waals surface area contributed by atoms with Gasteiger partial charge in [0, 0.05) is 10.5 Å². The van der Waals surface area contributed by atoms with E-state index in [1.54, 1.807) is 6.07 Å². The highest BCUT2D eigenvalue weighted by Crippen LogP contribution is 2.35. The molecule has 0 saturated heterocycles. The molecule has 0 aliphatic rings. The average Bonchev–Trinajstić information content (AvgIpc) is 2.37. The van der Waals surface area contributed by atoms with Gasteiger partial charge in [-0.15, -0.1) is 0 Å². The van der Waals surface area contributed by atoms with Crippen molar-refractivity contribution >= 4 is 49.4 Å². The summed E-state index contributed by atoms with van der Waals surface area (Å²) in [5, 5.41) is 9.07. The first kappa shape index (κ1) is 15.3. The van der Waals surface area contributed by atoms with Gasteiger partial charge in [-0.1, -0.05) is 27.5 Å². The zero-order valence-electron chi connectivity index (χ0n) is 9.66. The predicted octanol–water partition coefficient (Wildman–Crippen LogP) is 5.49. The second-order valence-corrected chi connectivity index (χ2v) is 5.92. The van der Waals surface area contributed by atoms with Crippen molar-refractivity contribution in [3.05, 3.63) is 55.7 Å². The van der Waals surface area contributed by atoms with Crippen molar-refractivity contribution in [1.82, 2.24) is 0 Å². The van der Waals surface area contributed by atoms with Crippen LogP contribution in [-0.2, 0) is 0 Å².